The van der Waals surface area contributed by atoms with Gasteiger partial charge in [0.1, 0.15) is 6.04 Å². The third-order valence-electron chi connectivity index (χ3n) is 7.01. The molecule has 35 heavy (non-hydrogen) atoms. The van der Waals surface area contributed by atoms with Gasteiger partial charge in [-0.25, -0.2) is 4.79 Å². The van der Waals surface area contributed by atoms with Crippen molar-refractivity contribution in [2.45, 2.75) is 50.6 Å². The van der Waals surface area contributed by atoms with Crippen LogP contribution in [-0.2, 0) is 16.0 Å². The number of fused-ring (bicyclic) bond motifs is 2. The van der Waals surface area contributed by atoms with Crippen LogP contribution >= 0.6 is 0 Å². The van der Waals surface area contributed by atoms with Gasteiger partial charge in [-0.05, 0) is 42.7 Å². The molecule has 1 atom stereocenters. The second kappa shape index (κ2) is 9.37. The van der Waals surface area contributed by atoms with E-state index in [0.29, 0.717) is 5.56 Å². The van der Waals surface area contributed by atoms with Crippen LogP contribution in [0.5, 0.6) is 0 Å². The molecule has 0 saturated heterocycles. The number of amides is 3. The second-order valence-corrected chi connectivity index (χ2v) is 9.15. The predicted octanol–water partition coefficient (Wildman–Crippen LogP) is 3.61. The van der Waals surface area contributed by atoms with Crippen molar-refractivity contribution in [1.29, 1.82) is 0 Å². The third kappa shape index (κ3) is 4.20. The highest BCUT2D eigenvalue weighted by molar-refractivity contribution is 6.22. The molecule has 180 valence electrons. The molecule has 1 aromatic heterocycles. The summed E-state index contributed by atoms with van der Waals surface area (Å²) in [7, 11) is 1.27. The Morgan fingerprint density at radius 3 is 2.57 bits per heavy atom. The van der Waals surface area contributed by atoms with Gasteiger partial charge in [-0.15, -0.1) is 0 Å². The molecule has 3 aromatic rings. The van der Waals surface area contributed by atoms with Gasteiger partial charge in [0, 0.05) is 35.1 Å². The molecular formula is C27H27N3O5. The van der Waals surface area contributed by atoms with Crippen LogP contribution in [0.25, 0.3) is 10.9 Å². The van der Waals surface area contributed by atoms with Crippen molar-refractivity contribution in [3.05, 3.63) is 70.9 Å². The number of benzene rings is 2. The van der Waals surface area contributed by atoms with Gasteiger partial charge in [-0.3, -0.25) is 19.3 Å². The Morgan fingerprint density at radius 2 is 1.80 bits per heavy atom. The number of imide groups is 1. The first-order valence-electron chi connectivity index (χ1n) is 11.9. The number of aromatic nitrogens is 1. The van der Waals surface area contributed by atoms with Gasteiger partial charge >= 0.3 is 5.97 Å². The van der Waals surface area contributed by atoms with Crippen molar-refractivity contribution in [2.75, 3.05) is 7.11 Å². The van der Waals surface area contributed by atoms with Crippen molar-refractivity contribution in [1.82, 2.24) is 15.2 Å². The summed E-state index contributed by atoms with van der Waals surface area (Å²) in [6, 6.07) is 11.2. The maximum absolute atomic E-state index is 13.1. The second-order valence-electron chi connectivity index (χ2n) is 9.15. The number of para-hydroxylation sites is 1. The lowest BCUT2D eigenvalue weighted by Crippen LogP contribution is -2.43. The van der Waals surface area contributed by atoms with Gasteiger partial charge < -0.3 is 15.0 Å². The summed E-state index contributed by atoms with van der Waals surface area (Å²) in [6.07, 6.45) is 6.78. The Balaban J connectivity index is 1.36. The number of carbonyl (C=O) groups excluding carboxylic acids is 4. The standard InChI is InChI=1S/C27H27N3O5/c1-35-27(34)23(14-17-15-28-22-10-6-5-9-19(17)22)29-24(31)16-11-12-20-21(13-16)26(33)30(25(20)32)18-7-3-2-4-8-18/h5-6,9-13,15,18,23,28H,2-4,7-8,14H2,1H3,(H,29,31)/t23-/m1/s1. The number of ether oxygens (including phenoxy) is 1. The van der Waals surface area contributed by atoms with Gasteiger partial charge in [-0.2, -0.15) is 0 Å². The number of nitrogens with one attached hydrogen (secondary N) is 2. The smallest absolute Gasteiger partial charge is 0.328 e. The molecule has 0 spiro atoms. The van der Waals surface area contributed by atoms with E-state index >= 15 is 0 Å². The molecular weight excluding hydrogens is 446 g/mol. The van der Waals surface area contributed by atoms with E-state index in [1.807, 2.05) is 30.5 Å². The Kier molecular flexibility index (Phi) is 6.11. The van der Waals surface area contributed by atoms with E-state index in [-0.39, 0.29) is 35.4 Å². The van der Waals surface area contributed by atoms with Crippen LogP contribution in [0.3, 0.4) is 0 Å². The van der Waals surface area contributed by atoms with Gasteiger partial charge in [0.2, 0.25) is 0 Å². The van der Waals surface area contributed by atoms with Gasteiger partial charge in [0.15, 0.2) is 0 Å². The molecule has 8 heteroatoms. The molecule has 0 radical (unpaired) electrons. The van der Waals surface area contributed by atoms with E-state index in [1.165, 1.54) is 30.2 Å². The highest BCUT2D eigenvalue weighted by Crippen LogP contribution is 2.31. The van der Waals surface area contributed by atoms with Crippen molar-refractivity contribution in [3.8, 4) is 0 Å². The fourth-order valence-electron chi connectivity index (χ4n) is 5.17. The molecule has 2 N–H and O–H groups in total. The lowest BCUT2D eigenvalue weighted by atomic mass is 9.94. The van der Waals surface area contributed by atoms with Crippen molar-refractivity contribution >= 4 is 34.6 Å². The summed E-state index contributed by atoms with van der Waals surface area (Å²) in [5.41, 5.74) is 2.57. The van der Waals surface area contributed by atoms with Crippen LogP contribution in [0, 0.1) is 0 Å². The van der Waals surface area contributed by atoms with Crippen LogP contribution in [0.15, 0.2) is 48.7 Å². The van der Waals surface area contributed by atoms with Crippen LogP contribution in [0.2, 0.25) is 0 Å². The van der Waals surface area contributed by atoms with E-state index in [2.05, 4.69) is 10.3 Å². The van der Waals surface area contributed by atoms with Crippen molar-refractivity contribution in [3.63, 3.8) is 0 Å². The highest BCUT2D eigenvalue weighted by Gasteiger charge is 2.40. The number of esters is 1. The largest absolute Gasteiger partial charge is 0.467 e. The monoisotopic (exact) mass is 473 g/mol. The topological polar surface area (TPSA) is 109 Å². The molecule has 0 unspecified atom stereocenters. The molecule has 8 nitrogen and oxygen atoms in total. The van der Waals surface area contributed by atoms with Crippen LogP contribution in [0.4, 0.5) is 0 Å². The van der Waals surface area contributed by atoms with E-state index in [1.54, 1.807) is 0 Å². The van der Waals surface area contributed by atoms with E-state index < -0.39 is 17.9 Å². The normalized spacial score (nSPS) is 16.9. The number of H-pyrrole nitrogens is 1. The lowest BCUT2D eigenvalue weighted by Gasteiger charge is -2.29. The third-order valence-corrected chi connectivity index (χ3v) is 7.01. The summed E-state index contributed by atoms with van der Waals surface area (Å²) in [5, 5.41) is 3.70. The molecule has 2 aliphatic rings. The maximum atomic E-state index is 13.1. The average molecular weight is 474 g/mol. The average Bonchev–Trinajstić information content (AvgIpc) is 3.41. The van der Waals surface area contributed by atoms with Gasteiger partial charge in [0.25, 0.3) is 17.7 Å². The van der Waals surface area contributed by atoms with Crippen LogP contribution in [-0.4, -0.2) is 52.8 Å². The van der Waals surface area contributed by atoms with Gasteiger partial charge in [-0.1, -0.05) is 37.5 Å². The molecule has 1 aliphatic carbocycles. The predicted molar refractivity (Wildman–Crippen MR) is 129 cm³/mol. The fourth-order valence-corrected chi connectivity index (χ4v) is 5.17. The van der Waals surface area contributed by atoms with E-state index in [0.717, 1.165) is 48.6 Å². The SMILES string of the molecule is COC(=O)[C@@H](Cc1c[nH]c2ccccc12)NC(=O)c1ccc2c(c1)C(=O)N(C1CCCCC1)C2=O. The van der Waals surface area contributed by atoms with E-state index in [9.17, 15) is 19.2 Å². The Morgan fingerprint density at radius 1 is 1.06 bits per heavy atom. The fraction of sp³-hybridized carbons (Fsp3) is 0.333. The van der Waals surface area contributed by atoms with Crippen molar-refractivity contribution < 1.29 is 23.9 Å². The van der Waals surface area contributed by atoms with Crippen LogP contribution in [0.1, 0.15) is 68.7 Å². The minimum atomic E-state index is -0.920. The van der Waals surface area contributed by atoms with Crippen LogP contribution < -0.4 is 5.32 Å². The molecule has 1 saturated carbocycles. The minimum Gasteiger partial charge on any atom is -0.467 e. The van der Waals surface area contributed by atoms with Crippen molar-refractivity contribution in [2.24, 2.45) is 0 Å². The summed E-state index contributed by atoms with van der Waals surface area (Å²) in [5.74, 6) is -1.73. The maximum Gasteiger partial charge on any atom is 0.328 e. The molecule has 2 heterocycles. The quantitative estimate of drug-likeness (QED) is 0.420. The number of carbonyl (C=O) groups is 4. The van der Waals surface area contributed by atoms with Gasteiger partial charge in [0.05, 0.1) is 18.2 Å². The molecule has 2 aromatic carbocycles. The first-order chi connectivity index (χ1) is 17.0. The zero-order chi connectivity index (χ0) is 24.5. The number of hydrogen-bond acceptors (Lipinski definition) is 5. The highest BCUT2D eigenvalue weighted by atomic mass is 16.5. The molecule has 0 bridgehead atoms. The number of methoxy groups -OCH3 is 1. The summed E-state index contributed by atoms with van der Waals surface area (Å²) in [4.78, 5) is 56.1. The molecule has 1 fully saturated rings. The number of aromatic amines is 1. The summed E-state index contributed by atoms with van der Waals surface area (Å²) in [6.45, 7) is 0. The Labute approximate surface area is 202 Å². The number of hydrogen-bond donors (Lipinski definition) is 2. The lowest BCUT2D eigenvalue weighted by molar-refractivity contribution is -0.142. The minimum absolute atomic E-state index is 0.0895. The molecule has 3 amide bonds. The first kappa shape index (κ1) is 22.8. The Hall–Kier alpha value is -3.94. The summed E-state index contributed by atoms with van der Waals surface area (Å²) >= 11 is 0. The summed E-state index contributed by atoms with van der Waals surface area (Å²) < 4.78 is 4.93. The number of rotatable bonds is 6. The Bertz CT molecular complexity index is 1320. The number of nitrogens with zero attached hydrogens (tertiary/aromatic N) is 1. The molecule has 1 aliphatic heterocycles. The molecule has 5 rings (SSSR count). The zero-order valence-corrected chi connectivity index (χ0v) is 19.5. The zero-order valence-electron chi connectivity index (χ0n) is 19.5. The van der Waals surface area contributed by atoms with E-state index in [4.69, 9.17) is 4.74 Å². The first-order valence-corrected chi connectivity index (χ1v) is 11.9.